The van der Waals surface area contributed by atoms with Crippen LogP contribution in [0, 0.1) is 11.7 Å². The molecule has 6 heteroatoms. The van der Waals surface area contributed by atoms with Gasteiger partial charge < -0.3 is 9.47 Å². The average Bonchev–Trinajstić information content (AvgIpc) is 2.54. The van der Waals surface area contributed by atoms with Crippen molar-refractivity contribution in [2.24, 2.45) is 5.92 Å². The average molecular weight is 346 g/mol. The number of rotatable bonds is 6. The van der Waals surface area contributed by atoms with Crippen LogP contribution in [0.5, 0.6) is 0 Å². The molecule has 1 aliphatic heterocycles. The summed E-state index contributed by atoms with van der Waals surface area (Å²) in [4.78, 5) is 0. The van der Waals surface area contributed by atoms with Crippen molar-refractivity contribution in [3.63, 3.8) is 0 Å². The van der Waals surface area contributed by atoms with Gasteiger partial charge in [-0.05, 0) is 18.6 Å². The Morgan fingerprint density at radius 3 is 2.46 bits per heavy atom. The summed E-state index contributed by atoms with van der Waals surface area (Å²) in [6.45, 7) is 3.24. The maximum Gasteiger partial charge on any atom is 0.409 e. The summed E-state index contributed by atoms with van der Waals surface area (Å²) in [5, 5.41) is 0. The van der Waals surface area contributed by atoms with E-state index >= 15 is 0 Å². The summed E-state index contributed by atoms with van der Waals surface area (Å²) in [6.07, 6.45) is 0.105. The molecular formula is C18H22F4O2. The highest BCUT2D eigenvalue weighted by atomic mass is 19.4. The first-order chi connectivity index (χ1) is 11.4. The number of alkyl halides is 3. The van der Waals surface area contributed by atoms with Crippen molar-refractivity contribution < 1.29 is 27.0 Å². The molecule has 1 aliphatic rings. The van der Waals surface area contributed by atoms with E-state index in [-0.39, 0.29) is 11.6 Å². The summed E-state index contributed by atoms with van der Waals surface area (Å²) >= 11 is 0. The second-order valence-corrected chi connectivity index (χ2v) is 6.02. The van der Waals surface area contributed by atoms with Gasteiger partial charge in [0.2, 0.25) is 0 Å². The number of hydrogen-bond acceptors (Lipinski definition) is 2. The zero-order valence-electron chi connectivity index (χ0n) is 13.6. The van der Waals surface area contributed by atoms with Crippen LogP contribution in [0.1, 0.15) is 50.0 Å². The van der Waals surface area contributed by atoms with Crippen molar-refractivity contribution in [1.82, 2.24) is 0 Å². The molecule has 0 aliphatic carbocycles. The first kappa shape index (κ1) is 18.9. The highest BCUT2D eigenvalue weighted by molar-refractivity contribution is 5.51. The molecule has 1 heterocycles. The van der Waals surface area contributed by atoms with Crippen molar-refractivity contribution >= 4 is 6.08 Å². The van der Waals surface area contributed by atoms with E-state index < -0.39 is 18.3 Å². The van der Waals surface area contributed by atoms with Gasteiger partial charge in [-0.25, -0.2) is 4.39 Å². The van der Waals surface area contributed by atoms with Crippen LogP contribution in [0.15, 0.2) is 24.3 Å². The van der Waals surface area contributed by atoms with Gasteiger partial charge in [0.1, 0.15) is 5.82 Å². The van der Waals surface area contributed by atoms with Crippen LogP contribution in [0.2, 0.25) is 0 Å². The van der Waals surface area contributed by atoms with Gasteiger partial charge in [0, 0.05) is 23.1 Å². The predicted molar refractivity (Wildman–Crippen MR) is 83.8 cm³/mol. The molecule has 134 valence electrons. The van der Waals surface area contributed by atoms with E-state index in [2.05, 4.69) is 6.92 Å². The molecule has 0 amide bonds. The Kier molecular flexibility index (Phi) is 6.80. The number of benzene rings is 1. The molecule has 0 bridgehead atoms. The lowest BCUT2D eigenvalue weighted by molar-refractivity contribution is -0.206. The van der Waals surface area contributed by atoms with Crippen molar-refractivity contribution in [3.05, 3.63) is 41.2 Å². The third-order valence-corrected chi connectivity index (χ3v) is 3.93. The maximum atomic E-state index is 13.9. The fourth-order valence-electron chi connectivity index (χ4n) is 2.59. The lowest BCUT2D eigenvalue weighted by Crippen LogP contribution is -2.27. The first-order valence-electron chi connectivity index (χ1n) is 8.17. The Bertz CT molecular complexity index is 546. The largest absolute Gasteiger partial charge is 0.409 e. The van der Waals surface area contributed by atoms with Gasteiger partial charge in [-0.1, -0.05) is 38.3 Å². The van der Waals surface area contributed by atoms with Crippen LogP contribution in [0.3, 0.4) is 0 Å². The van der Waals surface area contributed by atoms with Crippen LogP contribution < -0.4 is 0 Å². The minimum absolute atomic E-state index is 0.0135. The van der Waals surface area contributed by atoms with Gasteiger partial charge in [0.05, 0.1) is 13.2 Å². The molecule has 0 aromatic heterocycles. The quantitative estimate of drug-likeness (QED) is 0.490. The van der Waals surface area contributed by atoms with E-state index in [0.29, 0.717) is 30.8 Å². The molecule has 2 nitrogen and oxygen atoms in total. The third-order valence-electron chi connectivity index (χ3n) is 3.93. The number of ether oxygens (including phenoxy) is 2. The molecule has 0 N–H and O–H groups in total. The molecule has 0 saturated carbocycles. The summed E-state index contributed by atoms with van der Waals surface area (Å²) in [7, 11) is 0. The Morgan fingerprint density at radius 2 is 1.88 bits per heavy atom. The van der Waals surface area contributed by atoms with Crippen LogP contribution in [0.4, 0.5) is 17.6 Å². The first-order valence-corrected chi connectivity index (χ1v) is 8.17. The Labute approximate surface area is 139 Å². The molecular weight excluding hydrogens is 324 g/mol. The second kappa shape index (κ2) is 8.62. The molecule has 1 aromatic carbocycles. The van der Waals surface area contributed by atoms with E-state index in [1.54, 1.807) is 0 Å². The molecule has 1 saturated heterocycles. The van der Waals surface area contributed by atoms with E-state index in [1.165, 1.54) is 18.6 Å². The molecule has 0 atom stereocenters. The molecule has 0 unspecified atom stereocenters. The van der Waals surface area contributed by atoms with Gasteiger partial charge in [0.15, 0.2) is 6.29 Å². The van der Waals surface area contributed by atoms with Crippen LogP contribution in [-0.2, 0) is 9.47 Å². The van der Waals surface area contributed by atoms with E-state index in [1.807, 2.05) is 0 Å². The SMILES string of the molecule is CCCCCC1COC(c2ccc(/C=C/C(F)(F)F)c(F)c2)OC1. The standard InChI is InChI=1S/C18H22F4O2/c1-2-3-4-5-13-11-23-17(24-12-13)15-7-6-14(16(19)10-15)8-9-18(20,21)22/h6-10,13,17H,2-5,11-12H2,1H3/b9-8+. The normalized spacial score (nSPS) is 22.2. The van der Waals surface area contributed by atoms with Crippen molar-refractivity contribution in [2.45, 2.75) is 45.1 Å². The maximum absolute atomic E-state index is 13.9. The molecule has 2 rings (SSSR count). The highest BCUT2D eigenvalue weighted by Gasteiger charge is 2.24. The highest BCUT2D eigenvalue weighted by Crippen LogP contribution is 2.29. The minimum Gasteiger partial charge on any atom is -0.348 e. The smallest absolute Gasteiger partial charge is 0.348 e. The number of halogens is 4. The predicted octanol–water partition coefficient (Wildman–Crippen LogP) is 5.64. The van der Waals surface area contributed by atoms with Crippen LogP contribution >= 0.6 is 0 Å². The van der Waals surface area contributed by atoms with Gasteiger partial charge in [-0.2, -0.15) is 13.2 Å². The Hall–Kier alpha value is -1.40. The summed E-state index contributed by atoms with van der Waals surface area (Å²) in [5.41, 5.74) is 0.355. The van der Waals surface area contributed by atoms with E-state index in [0.717, 1.165) is 25.3 Å². The zero-order valence-corrected chi connectivity index (χ0v) is 13.6. The van der Waals surface area contributed by atoms with Gasteiger partial charge in [-0.3, -0.25) is 0 Å². The fraction of sp³-hybridized carbons (Fsp3) is 0.556. The number of hydrogen-bond donors (Lipinski definition) is 0. The van der Waals surface area contributed by atoms with Crippen LogP contribution in [-0.4, -0.2) is 19.4 Å². The minimum atomic E-state index is -4.46. The third kappa shape index (κ3) is 5.91. The number of unbranched alkanes of at least 4 members (excludes halogenated alkanes) is 2. The van der Waals surface area contributed by atoms with E-state index in [4.69, 9.17) is 9.47 Å². The fourth-order valence-corrected chi connectivity index (χ4v) is 2.59. The Morgan fingerprint density at radius 1 is 1.17 bits per heavy atom. The molecule has 1 aromatic rings. The molecule has 0 spiro atoms. The van der Waals surface area contributed by atoms with Gasteiger partial charge >= 0.3 is 6.18 Å². The number of allylic oxidation sites excluding steroid dienone is 1. The van der Waals surface area contributed by atoms with Crippen molar-refractivity contribution in [1.29, 1.82) is 0 Å². The van der Waals surface area contributed by atoms with E-state index in [9.17, 15) is 17.6 Å². The van der Waals surface area contributed by atoms with Crippen molar-refractivity contribution in [3.8, 4) is 0 Å². The lowest BCUT2D eigenvalue weighted by Gasteiger charge is -2.29. The lowest BCUT2D eigenvalue weighted by atomic mass is 10.0. The second-order valence-electron chi connectivity index (χ2n) is 6.02. The van der Waals surface area contributed by atoms with Gasteiger partial charge in [-0.15, -0.1) is 0 Å². The van der Waals surface area contributed by atoms with Crippen molar-refractivity contribution in [2.75, 3.05) is 13.2 Å². The zero-order chi connectivity index (χ0) is 17.6. The van der Waals surface area contributed by atoms with Gasteiger partial charge in [0.25, 0.3) is 0 Å². The van der Waals surface area contributed by atoms with Crippen LogP contribution in [0.25, 0.3) is 6.08 Å². The Balaban J connectivity index is 1.92. The monoisotopic (exact) mass is 346 g/mol. The molecule has 1 fully saturated rings. The topological polar surface area (TPSA) is 18.5 Å². The summed E-state index contributed by atoms with van der Waals surface area (Å²) in [5.74, 6) is -0.392. The molecule has 0 radical (unpaired) electrons. The molecule has 24 heavy (non-hydrogen) atoms. The summed E-state index contributed by atoms with van der Waals surface area (Å²) < 4.78 is 61.6. The summed E-state index contributed by atoms with van der Waals surface area (Å²) in [6, 6.07) is 3.99.